The monoisotopic (exact) mass is 264 g/mol. The second-order valence-corrected chi connectivity index (χ2v) is 5.06. The maximum absolute atomic E-state index is 14.1. The summed E-state index contributed by atoms with van der Waals surface area (Å²) >= 11 is 5.83. The van der Waals surface area contributed by atoms with E-state index in [9.17, 15) is 4.39 Å². The van der Waals surface area contributed by atoms with Gasteiger partial charge >= 0.3 is 0 Å². The molecule has 4 heteroatoms. The van der Waals surface area contributed by atoms with Crippen LogP contribution in [0.1, 0.15) is 31.4 Å². The second kappa shape index (κ2) is 4.39. The molecule has 1 fully saturated rings. The van der Waals surface area contributed by atoms with E-state index in [-0.39, 0.29) is 5.02 Å². The molecular formula is C14H14ClFN2. The Balaban J connectivity index is 2.26. The summed E-state index contributed by atoms with van der Waals surface area (Å²) in [4.78, 5) is 4.44. The molecule has 94 valence electrons. The number of nitrogens with zero attached hydrogens (tertiary/aromatic N) is 1. The topological polar surface area (TPSA) is 24.9 Å². The van der Waals surface area contributed by atoms with Crippen LogP contribution in [0, 0.1) is 5.82 Å². The average Bonchev–Trinajstić information content (AvgIpc) is 3.18. The molecule has 1 heterocycles. The summed E-state index contributed by atoms with van der Waals surface area (Å²) in [7, 11) is 0. The first-order valence-corrected chi connectivity index (χ1v) is 6.61. The third-order valence-corrected chi connectivity index (χ3v) is 3.55. The predicted molar refractivity (Wildman–Crippen MR) is 72.8 cm³/mol. The second-order valence-electron chi connectivity index (χ2n) is 4.66. The summed E-state index contributed by atoms with van der Waals surface area (Å²) in [5, 5.41) is 4.20. The van der Waals surface area contributed by atoms with Gasteiger partial charge in [0.1, 0.15) is 5.52 Å². The van der Waals surface area contributed by atoms with Crippen molar-refractivity contribution >= 4 is 28.2 Å². The molecule has 18 heavy (non-hydrogen) atoms. The van der Waals surface area contributed by atoms with Crippen LogP contribution >= 0.6 is 11.6 Å². The Bertz CT molecular complexity index is 608. The molecule has 0 unspecified atom stereocenters. The van der Waals surface area contributed by atoms with Gasteiger partial charge in [-0.1, -0.05) is 11.6 Å². The van der Waals surface area contributed by atoms with Crippen molar-refractivity contribution in [3.8, 4) is 0 Å². The molecule has 0 radical (unpaired) electrons. The van der Waals surface area contributed by atoms with Crippen molar-refractivity contribution in [1.82, 2.24) is 4.98 Å². The van der Waals surface area contributed by atoms with Gasteiger partial charge in [0.25, 0.3) is 0 Å². The molecule has 2 nitrogen and oxygen atoms in total. The van der Waals surface area contributed by atoms with Crippen LogP contribution in [0.5, 0.6) is 0 Å². The maximum atomic E-state index is 14.1. The van der Waals surface area contributed by atoms with Crippen molar-refractivity contribution in [2.45, 2.75) is 25.7 Å². The van der Waals surface area contributed by atoms with Gasteiger partial charge in [0, 0.05) is 29.2 Å². The molecule has 0 aliphatic heterocycles. The fraction of sp³-hybridized carbons (Fsp3) is 0.357. The Labute approximate surface area is 110 Å². The maximum Gasteiger partial charge on any atom is 0.168 e. The number of hydrogen-bond acceptors (Lipinski definition) is 2. The van der Waals surface area contributed by atoms with Gasteiger partial charge < -0.3 is 5.32 Å². The van der Waals surface area contributed by atoms with Gasteiger partial charge in [-0.15, -0.1) is 0 Å². The largest absolute Gasteiger partial charge is 0.385 e. The quantitative estimate of drug-likeness (QED) is 0.892. The number of rotatable bonds is 3. The van der Waals surface area contributed by atoms with E-state index >= 15 is 0 Å². The lowest BCUT2D eigenvalue weighted by Crippen LogP contribution is -2.01. The minimum Gasteiger partial charge on any atom is -0.385 e. The summed E-state index contributed by atoms with van der Waals surface area (Å²) in [5.74, 6) is 0.0704. The molecule has 0 spiro atoms. The van der Waals surface area contributed by atoms with E-state index < -0.39 is 5.82 Å². The van der Waals surface area contributed by atoms with Crippen LogP contribution in [0.2, 0.25) is 5.02 Å². The van der Waals surface area contributed by atoms with Crippen molar-refractivity contribution in [3.05, 3.63) is 34.7 Å². The highest BCUT2D eigenvalue weighted by Crippen LogP contribution is 2.41. The molecule has 1 aromatic heterocycles. The molecule has 3 rings (SSSR count). The van der Waals surface area contributed by atoms with Gasteiger partial charge in [-0.25, -0.2) is 9.37 Å². The van der Waals surface area contributed by atoms with E-state index in [1.807, 2.05) is 19.1 Å². The van der Waals surface area contributed by atoms with Crippen molar-refractivity contribution in [2.75, 3.05) is 11.9 Å². The Kier molecular flexibility index (Phi) is 2.86. The smallest absolute Gasteiger partial charge is 0.168 e. The number of halogens is 2. The zero-order chi connectivity index (χ0) is 12.7. The van der Waals surface area contributed by atoms with Crippen LogP contribution in [0.4, 0.5) is 10.1 Å². The summed E-state index contributed by atoms with van der Waals surface area (Å²) in [5.41, 5.74) is 2.29. The standard InChI is InChI=1S/C14H14ClFN2/c1-2-17-12-7-11(8-3-4-8)18-14-9(12)5-6-10(15)13(14)16/h5-8H,2-4H2,1H3,(H,17,18). The molecule has 1 N–H and O–H groups in total. The third kappa shape index (κ3) is 1.93. The zero-order valence-electron chi connectivity index (χ0n) is 10.1. The number of benzene rings is 1. The number of fused-ring (bicyclic) bond motifs is 1. The first-order chi connectivity index (χ1) is 8.70. The molecule has 0 bridgehead atoms. The van der Waals surface area contributed by atoms with Gasteiger partial charge in [-0.2, -0.15) is 0 Å². The van der Waals surface area contributed by atoms with Crippen LogP contribution in [-0.2, 0) is 0 Å². The van der Waals surface area contributed by atoms with Gasteiger partial charge in [-0.3, -0.25) is 0 Å². The highest BCUT2D eigenvalue weighted by Gasteiger charge is 2.26. The molecule has 1 aliphatic carbocycles. The molecule has 0 saturated heterocycles. The van der Waals surface area contributed by atoms with Crippen molar-refractivity contribution in [2.24, 2.45) is 0 Å². The Morgan fingerprint density at radius 2 is 2.22 bits per heavy atom. The first kappa shape index (κ1) is 11.7. The SMILES string of the molecule is CCNc1cc(C2CC2)nc2c(F)c(Cl)ccc12. The fourth-order valence-corrected chi connectivity index (χ4v) is 2.33. The van der Waals surface area contributed by atoms with E-state index in [2.05, 4.69) is 10.3 Å². The number of pyridine rings is 1. The molecule has 2 aromatic rings. The first-order valence-electron chi connectivity index (χ1n) is 6.23. The van der Waals surface area contributed by atoms with E-state index in [0.29, 0.717) is 11.4 Å². The summed E-state index contributed by atoms with van der Waals surface area (Å²) < 4.78 is 14.1. The van der Waals surface area contributed by atoms with Crippen LogP contribution < -0.4 is 5.32 Å². The molecule has 0 amide bonds. The Hall–Kier alpha value is -1.35. The summed E-state index contributed by atoms with van der Waals surface area (Å²) in [6.07, 6.45) is 2.29. The van der Waals surface area contributed by atoms with Gasteiger partial charge in [-0.05, 0) is 38.0 Å². The van der Waals surface area contributed by atoms with E-state index in [1.165, 1.54) is 0 Å². The molecule has 1 aliphatic rings. The lowest BCUT2D eigenvalue weighted by Gasteiger charge is -2.11. The van der Waals surface area contributed by atoms with Crippen LogP contribution in [0.25, 0.3) is 10.9 Å². The van der Waals surface area contributed by atoms with E-state index in [0.717, 1.165) is 36.2 Å². The van der Waals surface area contributed by atoms with Gasteiger partial charge in [0.2, 0.25) is 0 Å². The highest BCUT2D eigenvalue weighted by molar-refractivity contribution is 6.31. The minimum absolute atomic E-state index is 0.130. The Morgan fingerprint density at radius 1 is 1.44 bits per heavy atom. The van der Waals surface area contributed by atoms with Crippen LogP contribution in [-0.4, -0.2) is 11.5 Å². The van der Waals surface area contributed by atoms with Crippen LogP contribution in [0.15, 0.2) is 18.2 Å². The molecular weight excluding hydrogens is 251 g/mol. The lowest BCUT2D eigenvalue weighted by atomic mass is 10.1. The molecule has 0 atom stereocenters. The van der Waals surface area contributed by atoms with E-state index in [1.54, 1.807) is 6.07 Å². The lowest BCUT2D eigenvalue weighted by molar-refractivity contribution is 0.636. The molecule has 1 aromatic carbocycles. The minimum atomic E-state index is -0.421. The zero-order valence-corrected chi connectivity index (χ0v) is 10.9. The van der Waals surface area contributed by atoms with Gasteiger partial charge in [0.05, 0.1) is 5.02 Å². The predicted octanol–water partition coefficient (Wildman–Crippen LogP) is 4.34. The number of hydrogen-bond donors (Lipinski definition) is 1. The fourth-order valence-electron chi connectivity index (χ4n) is 2.18. The highest BCUT2D eigenvalue weighted by atomic mass is 35.5. The summed E-state index contributed by atoms with van der Waals surface area (Å²) in [6, 6.07) is 5.44. The van der Waals surface area contributed by atoms with Crippen LogP contribution in [0.3, 0.4) is 0 Å². The van der Waals surface area contributed by atoms with Crippen molar-refractivity contribution in [3.63, 3.8) is 0 Å². The molecule has 1 saturated carbocycles. The average molecular weight is 265 g/mol. The van der Waals surface area contributed by atoms with Gasteiger partial charge in [0.15, 0.2) is 5.82 Å². The van der Waals surface area contributed by atoms with E-state index in [4.69, 9.17) is 11.6 Å². The summed E-state index contributed by atoms with van der Waals surface area (Å²) in [6.45, 7) is 2.82. The Morgan fingerprint density at radius 3 is 2.89 bits per heavy atom. The number of anilines is 1. The third-order valence-electron chi connectivity index (χ3n) is 3.26. The normalized spacial score (nSPS) is 15.1. The van der Waals surface area contributed by atoms with Crippen molar-refractivity contribution < 1.29 is 4.39 Å². The number of aromatic nitrogens is 1. The van der Waals surface area contributed by atoms with Crippen molar-refractivity contribution in [1.29, 1.82) is 0 Å². The number of nitrogens with one attached hydrogen (secondary N) is 1.